The molecular weight excluding hydrogens is 440 g/mol. The summed E-state index contributed by atoms with van der Waals surface area (Å²) in [7, 11) is -0.796. The third-order valence-electron chi connectivity index (χ3n) is 6.05. The Morgan fingerprint density at radius 2 is 1.85 bits per heavy atom. The number of hydrogen-bond acceptors (Lipinski definition) is 9. The average molecular weight is 469 g/mol. The van der Waals surface area contributed by atoms with E-state index >= 15 is 0 Å². The van der Waals surface area contributed by atoms with Gasteiger partial charge >= 0.3 is 0 Å². The summed E-state index contributed by atoms with van der Waals surface area (Å²) in [4.78, 5) is 22.7. The highest BCUT2D eigenvalue weighted by molar-refractivity contribution is 7.85. The molecule has 4 heterocycles. The first-order valence-corrected chi connectivity index (χ1v) is 12.9. The number of nitrogens with zero attached hydrogens (tertiary/aromatic N) is 6. The molecule has 2 saturated heterocycles. The van der Waals surface area contributed by atoms with Crippen molar-refractivity contribution < 1.29 is 14.1 Å². The summed E-state index contributed by atoms with van der Waals surface area (Å²) in [6.45, 7) is 3.04. The fourth-order valence-corrected chi connectivity index (χ4v) is 5.32. The molecule has 0 saturated carbocycles. The van der Waals surface area contributed by atoms with Crippen LogP contribution < -0.4 is 14.5 Å². The molecule has 174 valence electrons. The van der Waals surface area contributed by atoms with Gasteiger partial charge in [0, 0.05) is 54.9 Å². The molecule has 0 aliphatic carbocycles. The third kappa shape index (κ3) is 5.06. The second-order valence-corrected chi connectivity index (χ2v) is 10.1. The average Bonchev–Trinajstić information content (AvgIpc) is 2.85. The van der Waals surface area contributed by atoms with Crippen molar-refractivity contribution in [1.82, 2.24) is 19.9 Å². The number of piperidine rings is 1. The number of β-amino-alcohol motifs (C(OH)–C–C–N with tert-alkyl or cyclic N) is 1. The highest BCUT2D eigenvalue weighted by Crippen LogP contribution is 2.31. The van der Waals surface area contributed by atoms with Crippen molar-refractivity contribution in [3.8, 4) is 5.88 Å². The van der Waals surface area contributed by atoms with Gasteiger partial charge in [-0.15, -0.1) is 0 Å². The standard InChI is InChI=1S/C23H28N6O3S/c30-18-7-4-9-29(15-18)23-26-20-19(21(27-23)28-10-13-33(31)14-11-28)24-16-25-22(20)32-12-8-17-5-2-1-3-6-17/h1-3,5-6,16,18,30H,4,7-15H2. The maximum absolute atomic E-state index is 11.9. The molecule has 0 spiro atoms. The minimum absolute atomic E-state index is 0.396. The van der Waals surface area contributed by atoms with Gasteiger partial charge in [0.05, 0.1) is 12.7 Å². The molecule has 2 aliphatic heterocycles. The lowest BCUT2D eigenvalue weighted by molar-refractivity contribution is 0.153. The van der Waals surface area contributed by atoms with Gasteiger partial charge in [-0.2, -0.15) is 9.97 Å². The maximum Gasteiger partial charge on any atom is 0.244 e. The summed E-state index contributed by atoms with van der Waals surface area (Å²) in [6, 6.07) is 10.2. The quantitative estimate of drug-likeness (QED) is 0.577. The predicted octanol–water partition coefficient (Wildman–Crippen LogP) is 1.57. The molecule has 2 aromatic heterocycles. The van der Waals surface area contributed by atoms with Crippen LogP contribution in [0, 0.1) is 0 Å². The molecule has 10 heteroatoms. The predicted molar refractivity (Wildman–Crippen MR) is 128 cm³/mol. The summed E-state index contributed by atoms with van der Waals surface area (Å²) in [5.74, 6) is 2.90. The van der Waals surface area contributed by atoms with Gasteiger partial charge in [0.25, 0.3) is 0 Å². The van der Waals surface area contributed by atoms with Crippen molar-refractivity contribution >= 4 is 33.6 Å². The molecule has 33 heavy (non-hydrogen) atoms. The lowest BCUT2D eigenvalue weighted by atomic mass is 10.1. The fourth-order valence-electron chi connectivity index (χ4n) is 4.26. The largest absolute Gasteiger partial charge is 0.476 e. The number of aliphatic hydroxyl groups is 1. The molecule has 1 N–H and O–H groups in total. The van der Waals surface area contributed by atoms with E-state index in [4.69, 9.17) is 14.7 Å². The molecule has 9 nitrogen and oxygen atoms in total. The normalized spacial score (nSPS) is 19.7. The molecule has 2 aliphatic rings. The number of rotatable bonds is 6. The van der Waals surface area contributed by atoms with Gasteiger partial charge in [0.2, 0.25) is 11.8 Å². The van der Waals surface area contributed by atoms with Gasteiger partial charge in [-0.1, -0.05) is 30.3 Å². The molecule has 1 aromatic carbocycles. The van der Waals surface area contributed by atoms with E-state index in [0.29, 0.717) is 66.4 Å². The number of ether oxygens (including phenoxy) is 1. The minimum Gasteiger partial charge on any atom is -0.476 e. The Hall–Kier alpha value is -2.85. The van der Waals surface area contributed by atoms with Crippen molar-refractivity contribution in [1.29, 1.82) is 0 Å². The molecule has 1 atom stereocenters. The molecule has 0 bridgehead atoms. The van der Waals surface area contributed by atoms with E-state index in [1.165, 1.54) is 11.9 Å². The van der Waals surface area contributed by atoms with Gasteiger partial charge in [0.1, 0.15) is 11.8 Å². The maximum atomic E-state index is 11.9. The second-order valence-electron chi connectivity index (χ2n) is 8.38. The zero-order valence-corrected chi connectivity index (χ0v) is 19.3. The van der Waals surface area contributed by atoms with E-state index in [2.05, 4.69) is 27.0 Å². The molecule has 3 aromatic rings. The Morgan fingerprint density at radius 3 is 2.64 bits per heavy atom. The first-order chi connectivity index (χ1) is 16.2. The Labute approximate surface area is 195 Å². The Kier molecular flexibility index (Phi) is 6.63. The minimum atomic E-state index is -0.796. The van der Waals surface area contributed by atoms with Crippen LogP contribution in [0.3, 0.4) is 0 Å². The zero-order valence-electron chi connectivity index (χ0n) is 18.5. The molecule has 1 unspecified atom stereocenters. The number of fused-ring (bicyclic) bond motifs is 1. The van der Waals surface area contributed by atoms with Crippen molar-refractivity contribution in [2.24, 2.45) is 0 Å². The third-order valence-corrected chi connectivity index (χ3v) is 7.32. The van der Waals surface area contributed by atoms with Gasteiger partial charge < -0.3 is 19.6 Å². The number of benzene rings is 1. The summed E-state index contributed by atoms with van der Waals surface area (Å²) < 4.78 is 18.0. The van der Waals surface area contributed by atoms with Crippen LogP contribution in [0.2, 0.25) is 0 Å². The highest BCUT2D eigenvalue weighted by Gasteiger charge is 2.26. The summed E-state index contributed by atoms with van der Waals surface area (Å²) in [5.41, 5.74) is 2.39. The monoisotopic (exact) mass is 468 g/mol. The molecule has 5 rings (SSSR count). The topological polar surface area (TPSA) is 105 Å². The van der Waals surface area contributed by atoms with E-state index in [0.717, 1.165) is 25.8 Å². The number of aliphatic hydroxyl groups excluding tert-OH is 1. The highest BCUT2D eigenvalue weighted by atomic mass is 32.2. The fraction of sp³-hybridized carbons (Fsp3) is 0.478. The van der Waals surface area contributed by atoms with Crippen LogP contribution in [0.4, 0.5) is 11.8 Å². The summed E-state index contributed by atoms with van der Waals surface area (Å²) in [6.07, 6.45) is 3.51. The molecule has 2 fully saturated rings. The van der Waals surface area contributed by atoms with Crippen molar-refractivity contribution in [2.75, 3.05) is 54.1 Å². The van der Waals surface area contributed by atoms with Gasteiger partial charge in [-0.25, -0.2) is 9.97 Å². The van der Waals surface area contributed by atoms with Crippen molar-refractivity contribution in [3.05, 3.63) is 42.2 Å². The lowest BCUT2D eigenvalue weighted by Crippen LogP contribution is -2.41. The van der Waals surface area contributed by atoms with Gasteiger partial charge in [0.15, 0.2) is 11.3 Å². The van der Waals surface area contributed by atoms with Crippen LogP contribution in [0.5, 0.6) is 5.88 Å². The first-order valence-electron chi connectivity index (χ1n) is 11.4. The number of anilines is 2. The molecule has 0 amide bonds. The van der Waals surface area contributed by atoms with E-state index in [1.807, 2.05) is 23.1 Å². The summed E-state index contributed by atoms with van der Waals surface area (Å²) in [5, 5.41) is 10.2. The van der Waals surface area contributed by atoms with Crippen LogP contribution in [0.25, 0.3) is 11.0 Å². The lowest BCUT2D eigenvalue weighted by Gasteiger charge is -2.32. The van der Waals surface area contributed by atoms with Crippen LogP contribution in [-0.2, 0) is 17.2 Å². The van der Waals surface area contributed by atoms with Gasteiger partial charge in [-0.3, -0.25) is 4.21 Å². The second kappa shape index (κ2) is 9.96. The van der Waals surface area contributed by atoms with E-state index in [9.17, 15) is 9.32 Å². The van der Waals surface area contributed by atoms with Crippen LogP contribution in [0.15, 0.2) is 36.7 Å². The van der Waals surface area contributed by atoms with Crippen LogP contribution in [0.1, 0.15) is 18.4 Å². The van der Waals surface area contributed by atoms with E-state index < -0.39 is 16.9 Å². The number of hydrogen-bond donors (Lipinski definition) is 1. The number of aromatic nitrogens is 4. The Balaban J connectivity index is 1.49. The zero-order chi connectivity index (χ0) is 22.6. The van der Waals surface area contributed by atoms with Crippen molar-refractivity contribution in [3.63, 3.8) is 0 Å². The van der Waals surface area contributed by atoms with Crippen LogP contribution >= 0.6 is 0 Å². The molecular formula is C23H28N6O3S. The van der Waals surface area contributed by atoms with Crippen molar-refractivity contribution in [2.45, 2.75) is 25.4 Å². The van der Waals surface area contributed by atoms with E-state index in [-0.39, 0.29) is 0 Å². The van der Waals surface area contributed by atoms with Gasteiger partial charge in [-0.05, 0) is 18.4 Å². The summed E-state index contributed by atoms with van der Waals surface area (Å²) >= 11 is 0. The Bertz CT molecular complexity index is 1120. The Morgan fingerprint density at radius 1 is 1.03 bits per heavy atom. The smallest absolute Gasteiger partial charge is 0.244 e. The van der Waals surface area contributed by atoms with E-state index in [1.54, 1.807) is 0 Å². The SMILES string of the molecule is O=S1CCN(c2nc(N3CCCC(O)C3)nc3c(OCCc4ccccc4)ncnc23)CC1. The van der Waals surface area contributed by atoms with Crippen LogP contribution in [-0.4, -0.2) is 79.6 Å². The first kappa shape index (κ1) is 22.0. The molecule has 0 radical (unpaired) electrons.